The lowest BCUT2D eigenvalue weighted by Crippen LogP contribution is -2.21. The van der Waals surface area contributed by atoms with Gasteiger partial charge in [-0.05, 0) is 37.3 Å². The number of aromatic nitrogens is 4. The molecule has 2 heterocycles. The zero-order valence-electron chi connectivity index (χ0n) is 15.0. The van der Waals surface area contributed by atoms with Gasteiger partial charge < -0.3 is 15.7 Å². The van der Waals surface area contributed by atoms with Gasteiger partial charge >= 0.3 is 5.97 Å². The molecule has 0 fully saturated rings. The van der Waals surface area contributed by atoms with E-state index in [1.54, 1.807) is 41.2 Å². The number of aryl methyl sites for hydroxylation is 1. The van der Waals surface area contributed by atoms with Crippen LogP contribution in [0.4, 0.5) is 11.4 Å². The maximum atomic E-state index is 12.4. The monoisotopic (exact) mass is 382 g/mol. The maximum absolute atomic E-state index is 12.4. The molecule has 0 bridgehead atoms. The van der Waals surface area contributed by atoms with Crippen molar-refractivity contribution in [3.05, 3.63) is 60.2 Å². The first-order valence-electron chi connectivity index (χ1n) is 8.46. The number of rotatable bonds is 7. The summed E-state index contributed by atoms with van der Waals surface area (Å²) in [5, 5.41) is 22.2. The normalized spacial score (nSPS) is 10.5. The molecule has 10 heteroatoms. The Balaban J connectivity index is 1.71. The van der Waals surface area contributed by atoms with Crippen LogP contribution in [0, 0.1) is 0 Å². The maximum Gasteiger partial charge on any atom is 0.325 e. The molecule has 0 saturated carbocycles. The first kappa shape index (κ1) is 18.8. The second-order valence-corrected chi connectivity index (χ2v) is 5.79. The molecule has 0 aliphatic heterocycles. The fourth-order valence-electron chi connectivity index (χ4n) is 2.62. The molecule has 10 nitrogen and oxygen atoms in total. The van der Waals surface area contributed by atoms with Crippen LogP contribution in [0.2, 0.25) is 0 Å². The van der Waals surface area contributed by atoms with Crippen LogP contribution in [0.15, 0.2) is 48.8 Å². The van der Waals surface area contributed by atoms with Gasteiger partial charge in [0.15, 0.2) is 0 Å². The van der Waals surface area contributed by atoms with E-state index >= 15 is 0 Å². The van der Waals surface area contributed by atoms with E-state index in [0.29, 0.717) is 23.6 Å². The van der Waals surface area contributed by atoms with Crippen molar-refractivity contribution in [3.63, 3.8) is 0 Å². The minimum atomic E-state index is -1.10. The predicted octanol–water partition coefficient (Wildman–Crippen LogP) is 1.69. The highest BCUT2D eigenvalue weighted by atomic mass is 16.4. The highest BCUT2D eigenvalue weighted by Gasteiger charge is 2.15. The van der Waals surface area contributed by atoms with Gasteiger partial charge in [0.2, 0.25) is 0 Å². The summed E-state index contributed by atoms with van der Waals surface area (Å²) in [6, 6.07) is 9.66. The molecule has 0 aliphatic rings. The molecule has 2 aromatic heterocycles. The molecule has 2 amide bonds. The van der Waals surface area contributed by atoms with Crippen LogP contribution in [0.5, 0.6) is 0 Å². The van der Waals surface area contributed by atoms with Gasteiger partial charge in [-0.1, -0.05) is 6.07 Å². The second-order valence-electron chi connectivity index (χ2n) is 5.79. The lowest BCUT2D eigenvalue weighted by molar-refractivity contribution is -0.137. The molecule has 3 rings (SSSR count). The summed E-state index contributed by atoms with van der Waals surface area (Å²) in [7, 11) is 0. The largest absolute Gasteiger partial charge is 0.480 e. The first-order valence-corrected chi connectivity index (χ1v) is 8.46. The number of hydrogen-bond donors (Lipinski definition) is 3. The summed E-state index contributed by atoms with van der Waals surface area (Å²) in [5.41, 5.74) is 1.47. The molecule has 0 aliphatic carbocycles. The average molecular weight is 382 g/mol. The van der Waals surface area contributed by atoms with Crippen molar-refractivity contribution in [1.29, 1.82) is 0 Å². The molecule has 3 N–H and O–H groups in total. The van der Waals surface area contributed by atoms with Crippen molar-refractivity contribution in [2.45, 2.75) is 20.0 Å². The fourth-order valence-corrected chi connectivity index (χ4v) is 2.62. The number of anilines is 2. The van der Waals surface area contributed by atoms with E-state index in [-0.39, 0.29) is 11.6 Å². The van der Waals surface area contributed by atoms with Crippen molar-refractivity contribution in [2.24, 2.45) is 0 Å². The number of aliphatic carboxylic acids is 1. The zero-order chi connectivity index (χ0) is 20.1. The van der Waals surface area contributed by atoms with Crippen LogP contribution >= 0.6 is 0 Å². The topological polar surface area (TPSA) is 131 Å². The quantitative estimate of drug-likeness (QED) is 0.570. The average Bonchev–Trinajstić information content (AvgIpc) is 3.30. The predicted molar refractivity (Wildman–Crippen MR) is 100 cm³/mol. The first-order chi connectivity index (χ1) is 13.5. The summed E-state index contributed by atoms with van der Waals surface area (Å²) in [6.07, 6.45) is 2.90. The standard InChI is InChI=1S/C18H18N6O4/c1-2-23-14(6-8-19-23)17(27)21-12-4-3-5-13(10-12)22-18(28)15-7-9-20-24(15)11-16(25)26/h3-10H,2,11H2,1H3,(H,21,27)(H,22,28)(H,25,26). The second kappa shape index (κ2) is 8.16. The zero-order valence-corrected chi connectivity index (χ0v) is 15.0. The van der Waals surface area contributed by atoms with E-state index in [2.05, 4.69) is 20.8 Å². The molecule has 144 valence electrons. The number of carboxylic acid groups (broad SMARTS) is 1. The lowest BCUT2D eigenvalue weighted by atomic mass is 10.2. The lowest BCUT2D eigenvalue weighted by Gasteiger charge is -2.10. The Labute approximate surface area is 159 Å². The highest BCUT2D eigenvalue weighted by Crippen LogP contribution is 2.17. The summed E-state index contributed by atoms with van der Waals surface area (Å²) in [5.74, 6) is -1.93. The minimum Gasteiger partial charge on any atom is -0.480 e. The van der Waals surface area contributed by atoms with Gasteiger partial charge in [0.25, 0.3) is 11.8 Å². The summed E-state index contributed by atoms with van der Waals surface area (Å²) >= 11 is 0. The minimum absolute atomic E-state index is 0.115. The van der Waals surface area contributed by atoms with E-state index in [9.17, 15) is 14.4 Å². The van der Waals surface area contributed by atoms with Crippen LogP contribution in [0.25, 0.3) is 0 Å². The van der Waals surface area contributed by atoms with Gasteiger partial charge in [-0.25, -0.2) is 4.68 Å². The molecule has 3 aromatic rings. The molecule has 1 aromatic carbocycles. The van der Waals surface area contributed by atoms with Crippen molar-refractivity contribution in [3.8, 4) is 0 Å². The number of nitrogens with zero attached hydrogens (tertiary/aromatic N) is 4. The Morgan fingerprint density at radius 1 is 0.929 bits per heavy atom. The number of carbonyl (C=O) groups is 3. The van der Waals surface area contributed by atoms with Crippen molar-refractivity contribution in [1.82, 2.24) is 19.6 Å². The van der Waals surface area contributed by atoms with Crippen molar-refractivity contribution in [2.75, 3.05) is 10.6 Å². The molecule has 0 spiro atoms. The number of benzene rings is 1. The van der Waals surface area contributed by atoms with Crippen molar-refractivity contribution < 1.29 is 19.5 Å². The Bertz CT molecular complexity index is 1020. The SMILES string of the molecule is CCn1nccc1C(=O)Nc1cccc(NC(=O)c2ccnn2CC(=O)O)c1. The third kappa shape index (κ3) is 4.23. The number of hydrogen-bond acceptors (Lipinski definition) is 5. The number of carboxylic acids is 1. The highest BCUT2D eigenvalue weighted by molar-refractivity contribution is 6.05. The van der Waals surface area contributed by atoms with E-state index in [4.69, 9.17) is 5.11 Å². The Morgan fingerprint density at radius 2 is 1.46 bits per heavy atom. The molecule has 0 atom stereocenters. The van der Waals surface area contributed by atoms with E-state index in [1.807, 2.05) is 6.92 Å². The Morgan fingerprint density at radius 3 is 2.00 bits per heavy atom. The number of carbonyl (C=O) groups excluding carboxylic acids is 2. The van der Waals surface area contributed by atoms with Gasteiger partial charge in [-0.15, -0.1) is 0 Å². The smallest absolute Gasteiger partial charge is 0.325 e. The van der Waals surface area contributed by atoms with Gasteiger partial charge in [-0.3, -0.25) is 19.1 Å². The number of amides is 2. The third-order valence-corrected chi connectivity index (χ3v) is 3.86. The van der Waals surface area contributed by atoms with Gasteiger partial charge in [0.1, 0.15) is 17.9 Å². The Kier molecular flexibility index (Phi) is 5.49. The summed E-state index contributed by atoms with van der Waals surface area (Å²) in [4.78, 5) is 35.7. The van der Waals surface area contributed by atoms with Crippen molar-refractivity contribution >= 4 is 29.2 Å². The van der Waals surface area contributed by atoms with Crippen LogP contribution in [0.3, 0.4) is 0 Å². The van der Waals surface area contributed by atoms with Crippen LogP contribution < -0.4 is 10.6 Å². The molecule has 0 radical (unpaired) electrons. The van der Waals surface area contributed by atoms with Crippen LogP contribution in [-0.2, 0) is 17.9 Å². The fraction of sp³-hybridized carbons (Fsp3) is 0.167. The van der Waals surface area contributed by atoms with Crippen LogP contribution in [-0.4, -0.2) is 42.5 Å². The molecule has 0 unspecified atom stereocenters. The molecular formula is C18H18N6O4. The molecule has 0 saturated heterocycles. The van der Waals surface area contributed by atoms with Gasteiger partial charge in [-0.2, -0.15) is 10.2 Å². The van der Waals surface area contributed by atoms with Crippen LogP contribution in [0.1, 0.15) is 27.9 Å². The molecule has 28 heavy (non-hydrogen) atoms. The van der Waals surface area contributed by atoms with E-state index < -0.39 is 18.4 Å². The number of nitrogens with one attached hydrogen (secondary N) is 2. The van der Waals surface area contributed by atoms with E-state index in [1.165, 1.54) is 12.3 Å². The summed E-state index contributed by atoms with van der Waals surface area (Å²) < 4.78 is 2.67. The summed E-state index contributed by atoms with van der Waals surface area (Å²) in [6.45, 7) is 2.03. The van der Waals surface area contributed by atoms with Gasteiger partial charge in [0, 0.05) is 30.3 Å². The Hall–Kier alpha value is -3.95. The van der Waals surface area contributed by atoms with E-state index in [0.717, 1.165) is 4.68 Å². The van der Waals surface area contributed by atoms with Gasteiger partial charge in [0.05, 0.1) is 0 Å². The molecular weight excluding hydrogens is 364 g/mol. The third-order valence-electron chi connectivity index (χ3n) is 3.86.